The fraction of sp³-hybridized carbons (Fsp3) is 0.235. The molecule has 0 aromatic heterocycles. The summed E-state index contributed by atoms with van der Waals surface area (Å²) in [5.74, 6) is 1.42. The van der Waals surface area contributed by atoms with Gasteiger partial charge in [0.1, 0.15) is 0 Å². The summed E-state index contributed by atoms with van der Waals surface area (Å²) in [4.78, 5) is 14.2. The molecule has 0 aliphatic carbocycles. The van der Waals surface area contributed by atoms with Crippen LogP contribution < -0.4 is 14.8 Å². The van der Waals surface area contributed by atoms with Crippen LogP contribution >= 0.6 is 23.2 Å². The summed E-state index contributed by atoms with van der Waals surface area (Å²) < 4.78 is 10.7. The zero-order valence-corrected chi connectivity index (χ0v) is 14.5. The van der Waals surface area contributed by atoms with Crippen LogP contribution in [-0.4, -0.2) is 24.3 Å². The minimum atomic E-state index is -0.237. The second-order valence-corrected chi connectivity index (χ2v) is 6.10. The predicted octanol–water partition coefficient (Wildman–Crippen LogP) is 4.78. The van der Waals surface area contributed by atoms with Gasteiger partial charge in [0.2, 0.25) is 6.79 Å². The van der Waals surface area contributed by atoms with Crippen molar-refractivity contribution in [3.63, 3.8) is 0 Å². The molecule has 126 valence electrons. The van der Waals surface area contributed by atoms with Crippen LogP contribution in [0.4, 0.5) is 10.5 Å². The maximum absolute atomic E-state index is 12.5. The topological polar surface area (TPSA) is 50.8 Å². The third kappa shape index (κ3) is 3.68. The van der Waals surface area contributed by atoms with Gasteiger partial charge in [0.05, 0.1) is 10.7 Å². The van der Waals surface area contributed by atoms with Gasteiger partial charge in [-0.25, -0.2) is 4.79 Å². The molecular weight excluding hydrogens is 351 g/mol. The summed E-state index contributed by atoms with van der Waals surface area (Å²) in [5, 5.41) is 3.72. The number of halogens is 2. The second-order valence-electron chi connectivity index (χ2n) is 5.26. The molecular formula is C17H16Cl2N2O3. The zero-order valence-electron chi connectivity index (χ0n) is 13.0. The molecule has 1 aliphatic heterocycles. The molecule has 1 N–H and O–H groups in total. The Morgan fingerprint density at radius 3 is 2.71 bits per heavy atom. The first-order valence-electron chi connectivity index (χ1n) is 7.46. The third-order valence-corrected chi connectivity index (χ3v) is 4.20. The lowest BCUT2D eigenvalue weighted by Gasteiger charge is -2.22. The quantitative estimate of drug-likeness (QED) is 0.847. The van der Waals surface area contributed by atoms with Gasteiger partial charge in [0.25, 0.3) is 0 Å². The fourth-order valence-electron chi connectivity index (χ4n) is 2.37. The first kappa shape index (κ1) is 16.7. The van der Waals surface area contributed by atoms with Crippen molar-refractivity contribution in [3.8, 4) is 11.5 Å². The fourth-order valence-corrected chi connectivity index (χ4v) is 2.83. The number of nitrogens with zero attached hydrogens (tertiary/aromatic N) is 1. The van der Waals surface area contributed by atoms with Gasteiger partial charge < -0.3 is 19.7 Å². The Labute approximate surface area is 150 Å². The largest absolute Gasteiger partial charge is 0.454 e. The molecule has 24 heavy (non-hydrogen) atoms. The monoisotopic (exact) mass is 366 g/mol. The van der Waals surface area contributed by atoms with E-state index in [2.05, 4.69) is 5.32 Å². The van der Waals surface area contributed by atoms with Crippen molar-refractivity contribution >= 4 is 34.9 Å². The lowest BCUT2D eigenvalue weighted by atomic mass is 10.2. The van der Waals surface area contributed by atoms with Crippen LogP contribution in [0, 0.1) is 0 Å². The second kappa shape index (κ2) is 7.20. The van der Waals surface area contributed by atoms with E-state index in [4.69, 9.17) is 32.7 Å². The van der Waals surface area contributed by atoms with E-state index in [-0.39, 0.29) is 12.8 Å². The number of benzene rings is 2. The number of rotatable bonds is 4. The number of carbonyl (C=O) groups excluding carboxylic acids is 1. The van der Waals surface area contributed by atoms with Crippen molar-refractivity contribution in [2.45, 2.75) is 13.5 Å². The van der Waals surface area contributed by atoms with E-state index < -0.39 is 0 Å². The summed E-state index contributed by atoms with van der Waals surface area (Å²) >= 11 is 12.0. The molecule has 5 nitrogen and oxygen atoms in total. The highest BCUT2D eigenvalue weighted by molar-refractivity contribution is 6.36. The summed E-state index contributed by atoms with van der Waals surface area (Å²) in [6.07, 6.45) is 0. The van der Waals surface area contributed by atoms with Gasteiger partial charge >= 0.3 is 6.03 Å². The van der Waals surface area contributed by atoms with Gasteiger partial charge in [-0.15, -0.1) is 0 Å². The standard InChI is InChI=1S/C17H16Cl2N2O3/c1-2-21(9-11-3-6-15-16(7-11)24-10-23-15)17(22)20-14-5-4-12(18)8-13(14)19/h3-8H,2,9-10H2,1H3,(H,20,22). The number of ether oxygens (including phenoxy) is 2. The smallest absolute Gasteiger partial charge is 0.322 e. The molecule has 2 amide bonds. The SMILES string of the molecule is CCN(Cc1ccc2c(c1)OCO2)C(=O)Nc1ccc(Cl)cc1Cl. The third-order valence-electron chi connectivity index (χ3n) is 3.65. The van der Waals surface area contributed by atoms with E-state index in [0.717, 1.165) is 11.3 Å². The number of fused-ring (bicyclic) bond motifs is 1. The van der Waals surface area contributed by atoms with Crippen molar-refractivity contribution in [1.29, 1.82) is 0 Å². The lowest BCUT2D eigenvalue weighted by molar-refractivity contribution is 0.174. The van der Waals surface area contributed by atoms with Crippen LogP contribution in [0.5, 0.6) is 11.5 Å². The van der Waals surface area contributed by atoms with E-state index in [1.165, 1.54) is 0 Å². The van der Waals surface area contributed by atoms with Gasteiger partial charge in [0.15, 0.2) is 11.5 Å². The Morgan fingerprint density at radius 2 is 1.96 bits per heavy atom. The minimum absolute atomic E-state index is 0.228. The molecule has 0 radical (unpaired) electrons. The van der Waals surface area contributed by atoms with Crippen molar-refractivity contribution in [1.82, 2.24) is 4.90 Å². The van der Waals surface area contributed by atoms with Crippen LogP contribution in [0.1, 0.15) is 12.5 Å². The number of urea groups is 1. The van der Waals surface area contributed by atoms with Crippen molar-refractivity contribution in [2.75, 3.05) is 18.7 Å². The number of carbonyl (C=O) groups is 1. The minimum Gasteiger partial charge on any atom is -0.454 e. The molecule has 7 heteroatoms. The highest BCUT2D eigenvalue weighted by Crippen LogP contribution is 2.33. The Bertz CT molecular complexity index is 767. The van der Waals surface area contributed by atoms with E-state index in [0.29, 0.717) is 34.6 Å². The first-order valence-corrected chi connectivity index (χ1v) is 8.22. The van der Waals surface area contributed by atoms with E-state index >= 15 is 0 Å². The number of anilines is 1. The Balaban J connectivity index is 1.70. The molecule has 1 heterocycles. The van der Waals surface area contributed by atoms with Crippen LogP contribution in [0.2, 0.25) is 10.0 Å². The highest BCUT2D eigenvalue weighted by atomic mass is 35.5. The molecule has 0 saturated heterocycles. The van der Waals surface area contributed by atoms with Crippen molar-refractivity contribution in [2.24, 2.45) is 0 Å². The zero-order chi connectivity index (χ0) is 17.1. The molecule has 0 spiro atoms. The van der Waals surface area contributed by atoms with Crippen molar-refractivity contribution < 1.29 is 14.3 Å². The summed E-state index contributed by atoms with van der Waals surface area (Å²) in [6.45, 7) is 3.14. The summed E-state index contributed by atoms with van der Waals surface area (Å²) in [6, 6.07) is 10.4. The molecule has 3 rings (SSSR count). The molecule has 0 fully saturated rings. The predicted molar refractivity (Wildman–Crippen MR) is 94.1 cm³/mol. The van der Waals surface area contributed by atoms with Crippen LogP contribution in [0.3, 0.4) is 0 Å². The molecule has 1 aliphatic rings. The normalized spacial score (nSPS) is 12.1. The first-order chi connectivity index (χ1) is 11.6. The maximum atomic E-state index is 12.5. The van der Waals surface area contributed by atoms with Gasteiger partial charge in [-0.3, -0.25) is 0 Å². The van der Waals surface area contributed by atoms with Crippen LogP contribution in [0.15, 0.2) is 36.4 Å². The Morgan fingerprint density at radius 1 is 1.17 bits per heavy atom. The van der Waals surface area contributed by atoms with Gasteiger partial charge in [-0.2, -0.15) is 0 Å². The Hall–Kier alpha value is -2.11. The number of nitrogens with one attached hydrogen (secondary N) is 1. The van der Waals surface area contributed by atoms with Gasteiger partial charge in [-0.1, -0.05) is 29.3 Å². The van der Waals surface area contributed by atoms with Gasteiger partial charge in [0, 0.05) is 18.1 Å². The van der Waals surface area contributed by atoms with E-state index in [9.17, 15) is 4.79 Å². The Kier molecular flexibility index (Phi) is 5.02. The van der Waals surface area contributed by atoms with Crippen molar-refractivity contribution in [3.05, 3.63) is 52.0 Å². The molecule has 0 atom stereocenters. The molecule has 2 aromatic rings. The average molecular weight is 367 g/mol. The summed E-state index contributed by atoms with van der Waals surface area (Å²) in [7, 11) is 0. The highest BCUT2D eigenvalue weighted by Gasteiger charge is 2.17. The van der Waals surface area contributed by atoms with E-state index in [1.807, 2.05) is 25.1 Å². The molecule has 0 unspecified atom stereocenters. The van der Waals surface area contributed by atoms with E-state index in [1.54, 1.807) is 23.1 Å². The van der Waals surface area contributed by atoms with Crippen LogP contribution in [-0.2, 0) is 6.54 Å². The summed E-state index contributed by atoms with van der Waals surface area (Å²) in [5.41, 5.74) is 1.48. The average Bonchev–Trinajstić information content (AvgIpc) is 3.02. The number of hydrogen-bond donors (Lipinski definition) is 1. The molecule has 0 saturated carbocycles. The lowest BCUT2D eigenvalue weighted by Crippen LogP contribution is -2.34. The number of amides is 2. The van der Waals surface area contributed by atoms with Gasteiger partial charge in [-0.05, 0) is 42.8 Å². The molecule has 2 aromatic carbocycles. The maximum Gasteiger partial charge on any atom is 0.322 e. The molecule has 0 bridgehead atoms. The number of hydrogen-bond acceptors (Lipinski definition) is 3. The van der Waals surface area contributed by atoms with Crippen LogP contribution in [0.25, 0.3) is 0 Å².